The highest BCUT2D eigenvalue weighted by molar-refractivity contribution is 14.1. The van der Waals surface area contributed by atoms with Gasteiger partial charge >= 0.3 is 0 Å². The van der Waals surface area contributed by atoms with E-state index in [0.717, 1.165) is 18.9 Å². The van der Waals surface area contributed by atoms with Crippen LogP contribution in [0.25, 0.3) is 0 Å². The molecule has 4 heteroatoms. The van der Waals surface area contributed by atoms with Crippen LogP contribution in [-0.4, -0.2) is 23.1 Å². The van der Waals surface area contributed by atoms with Gasteiger partial charge in [0.2, 0.25) is 5.95 Å². The zero-order valence-electron chi connectivity index (χ0n) is 7.71. The largest absolute Gasteiger partial charge is 0.345 e. The molecule has 0 aliphatic rings. The average molecular weight is 279 g/mol. The van der Waals surface area contributed by atoms with E-state index >= 15 is 0 Å². The predicted octanol–water partition coefficient (Wildman–Crippen LogP) is 1.87. The Balaban J connectivity index is 2.80. The smallest absolute Gasteiger partial charge is 0.205 e. The molecule has 0 radical (unpaired) electrons. The van der Waals surface area contributed by atoms with Gasteiger partial charge in [-0.1, -0.05) is 6.92 Å². The number of aromatic nitrogens is 2. The summed E-state index contributed by atoms with van der Waals surface area (Å²) in [4.78, 5) is 6.48. The summed E-state index contributed by atoms with van der Waals surface area (Å²) in [6.07, 6.45) is 3.04. The summed E-state index contributed by atoms with van der Waals surface area (Å²) in [7, 11) is 4.11. The first-order chi connectivity index (χ1) is 5.66. The molecule has 1 aromatic rings. The Morgan fingerprint density at radius 1 is 1.67 bits per heavy atom. The van der Waals surface area contributed by atoms with Gasteiger partial charge in [-0.2, -0.15) is 0 Å². The quantitative estimate of drug-likeness (QED) is 0.788. The highest BCUT2D eigenvalue weighted by Gasteiger charge is 2.07. The van der Waals surface area contributed by atoms with Crippen LogP contribution in [0.3, 0.4) is 0 Å². The summed E-state index contributed by atoms with van der Waals surface area (Å²) in [5, 5.41) is 0. The minimum atomic E-state index is 1.04. The third-order valence-electron chi connectivity index (χ3n) is 1.81. The zero-order valence-corrected chi connectivity index (χ0v) is 9.87. The van der Waals surface area contributed by atoms with Gasteiger partial charge in [-0.15, -0.1) is 0 Å². The summed E-state index contributed by atoms with van der Waals surface area (Å²) in [6, 6.07) is 0. The zero-order chi connectivity index (χ0) is 9.14. The number of hydrogen-bond acceptors (Lipinski definition) is 2. The summed E-state index contributed by atoms with van der Waals surface area (Å²) >= 11 is 2.28. The summed E-state index contributed by atoms with van der Waals surface area (Å²) in [5.41, 5.74) is 0. The summed E-state index contributed by atoms with van der Waals surface area (Å²) < 4.78 is 3.27. The Kier molecular flexibility index (Phi) is 3.37. The van der Waals surface area contributed by atoms with Crippen molar-refractivity contribution in [2.24, 2.45) is 7.05 Å². The third-order valence-corrected chi connectivity index (χ3v) is 2.81. The maximum atomic E-state index is 4.32. The Bertz CT molecular complexity index is 257. The standard InChI is InChI=1S/C8H14IN3/c1-4-5-11(2)8-10-6-7(9)12(8)3/h6H,4-5H2,1-3H3. The van der Waals surface area contributed by atoms with Crippen molar-refractivity contribution in [1.29, 1.82) is 0 Å². The second kappa shape index (κ2) is 4.11. The van der Waals surface area contributed by atoms with E-state index in [-0.39, 0.29) is 0 Å². The van der Waals surface area contributed by atoms with Gasteiger partial charge in [0.15, 0.2) is 0 Å². The third kappa shape index (κ3) is 1.91. The molecule has 68 valence electrons. The van der Waals surface area contributed by atoms with Crippen LogP contribution in [0, 0.1) is 3.70 Å². The lowest BCUT2D eigenvalue weighted by atomic mass is 10.4. The molecule has 0 unspecified atom stereocenters. The van der Waals surface area contributed by atoms with Crippen LogP contribution in [0.2, 0.25) is 0 Å². The van der Waals surface area contributed by atoms with Gasteiger partial charge in [-0.25, -0.2) is 4.98 Å². The van der Waals surface area contributed by atoms with Crippen molar-refractivity contribution in [3.8, 4) is 0 Å². The van der Waals surface area contributed by atoms with Crippen molar-refractivity contribution in [2.45, 2.75) is 13.3 Å². The number of imidazole rings is 1. The lowest BCUT2D eigenvalue weighted by molar-refractivity contribution is 0.774. The molecule has 0 amide bonds. The van der Waals surface area contributed by atoms with Crippen LogP contribution in [0.15, 0.2) is 6.20 Å². The molecule has 3 nitrogen and oxygen atoms in total. The van der Waals surface area contributed by atoms with E-state index in [4.69, 9.17) is 0 Å². The summed E-state index contributed by atoms with van der Waals surface area (Å²) in [6.45, 7) is 3.23. The fraction of sp³-hybridized carbons (Fsp3) is 0.625. The number of anilines is 1. The lowest BCUT2D eigenvalue weighted by Crippen LogP contribution is -2.21. The Hall–Kier alpha value is -0.260. The molecule has 0 aliphatic carbocycles. The first-order valence-electron chi connectivity index (χ1n) is 4.05. The maximum Gasteiger partial charge on any atom is 0.205 e. The number of hydrogen-bond donors (Lipinski definition) is 0. The van der Waals surface area contributed by atoms with Crippen LogP contribution < -0.4 is 4.90 Å². The highest BCUT2D eigenvalue weighted by atomic mass is 127. The fourth-order valence-corrected chi connectivity index (χ4v) is 1.52. The molecule has 0 N–H and O–H groups in total. The van der Waals surface area contributed by atoms with E-state index < -0.39 is 0 Å². The van der Waals surface area contributed by atoms with Gasteiger partial charge in [0.1, 0.15) is 3.70 Å². The van der Waals surface area contributed by atoms with Crippen LogP contribution in [-0.2, 0) is 7.05 Å². The molecule has 0 aliphatic heterocycles. The molecular weight excluding hydrogens is 265 g/mol. The van der Waals surface area contributed by atoms with Crippen molar-refractivity contribution in [1.82, 2.24) is 9.55 Å². The molecule has 0 bridgehead atoms. The van der Waals surface area contributed by atoms with Gasteiger partial charge in [0.05, 0.1) is 6.20 Å². The van der Waals surface area contributed by atoms with Crippen molar-refractivity contribution in [3.05, 3.63) is 9.90 Å². The van der Waals surface area contributed by atoms with E-state index in [0.29, 0.717) is 0 Å². The molecule has 0 spiro atoms. The molecular formula is C8H14IN3. The van der Waals surface area contributed by atoms with E-state index in [1.54, 1.807) is 0 Å². The Labute approximate surface area is 86.9 Å². The van der Waals surface area contributed by atoms with E-state index in [2.05, 4.69) is 51.0 Å². The monoisotopic (exact) mass is 279 g/mol. The molecule has 0 aromatic carbocycles. The lowest BCUT2D eigenvalue weighted by Gasteiger charge is -2.16. The normalized spacial score (nSPS) is 10.3. The number of halogens is 1. The molecule has 0 fully saturated rings. The SMILES string of the molecule is CCCN(C)c1ncc(I)n1C. The van der Waals surface area contributed by atoms with Crippen LogP contribution in [0.4, 0.5) is 5.95 Å². The fourth-order valence-electron chi connectivity index (χ4n) is 1.17. The van der Waals surface area contributed by atoms with Crippen LogP contribution >= 0.6 is 22.6 Å². The van der Waals surface area contributed by atoms with Gasteiger partial charge < -0.3 is 9.47 Å². The molecule has 0 saturated carbocycles. The Morgan fingerprint density at radius 3 is 2.75 bits per heavy atom. The summed E-state index contributed by atoms with van der Waals surface area (Å²) in [5.74, 6) is 1.04. The van der Waals surface area contributed by atoms with Gasteiger partial charge in [0, 0.05) is 20.6 Å². The van der Waals surface area contributed by atoms with Gasteiger partial charge in [0.25, 0.3) is 0 Å². The second-order valence-corrected chi connectivity index (χ2v) is 3.97. The van der Waals surface area contributed by atoms with E-state index in [9.17, 15) is 0 Å². The molecule has 0 saturated heterocycles. The van der Waals surface area contributed by atoms with Crippen molar-refractivity contribution < 1.29 is 0 Å². The first-order valence-corrected chi connectivity index (χ1v) is 5.13. The first kappa shape index (κ1) is 9.83. The van der Waals surface area contributed by atoms with Crippen molar-refractivity contribution in [3.63, 3.8) is 0 Å². The molecule has 1 heterocycles. The molecule has 1 aromatic heterocycles. The van der Waals surface area contributed by atoms with Crippen LogP contribution in [0.1, 0.15) is 13.3 Å². The average Bonchev–Trinajstić information content (AvgIpc) is 2.34. The van der Waals surface area contributed by atoms with Crippen molar-refractivity contribution >= 4 is 28.5 Å². The molecule has 1 rings (SSSR count). The minimum Gasteiger partial charge on any atom is -0.345 e. The number of rotatable bonds is 3. The van der Waals surface area contributed by atoms with E-state index in [1.165, 1.54) is 3.70 Å². The number of nitrogens with zero attached hydrogens (tertiary/aromatic N) is 3. The predicted molar refractivity (Wildman–Crippen MR) is 59.5 cm³/mol. The van der Waals surface area contributed by atoms with Gasteiger partial charge in [-0.3, -0.25) is 0 Å². The Morgan fingerprint density at radius 2 is 2.33 bits per heavy atom. The van der Waals surface area contributed by atoms with Crippen LogP contribution in [0.5, 0.6) is 0 Å². The van der Waals surface area contributed by atoms with Gasteiger partial charge in [-0.05, 0) is 29.0 Å². The maximum absolute atomic E-state index is 4.32. The van der Waals surface area contributed by atoms with E-state index in [1.807, 2.05) is 13.2 Å². The van der Waals surface area contributed by atoms with Crippen molar-refractivity contribution in [2.75, 3.05) is 18.5 Å². The molecule has 0 atom stereocenters. The topological polar surface area (TPSA) is 21.1 Å². The minimum absolute atomic E-state index is 1.04. The second-order valence-electron chi connectivity index (χ2n) is 2.86. The molecule has 12 heavy (non-hydrogen) atoms. The highest BCUT2D eigenvalue weighted by Crippen LogP contribution is 2.13.